The first kappa shape index (κ1) is 12.9. The number of thioether (sulfide) groups is 1. The van der Waals surface area contributed by atoms with Crippen molar-refractivity contribution in [3.05, 3.63) is 34.8 Å². The standard InChI is InChI=1S/C12H14N2O3S/c1-7-11(16)9(8(6-15)4-13-7)5-14-10-2-3-18-12(10)17/h2,4,14-16H,3,5-6H2,1H3. The van der Waals surface area contributed by atoms with E-state index in [1.54, 1.807) is 6.92 Å². The second-order valence-corrected chi connectivity index (χ2v) is 4.92. The number of aryl methyl sites for hydroxylation is 1. The largest absolute Gasteiger partial charge is 0.506 e. The molecule has 0 saturated heterocycles. The Bertz CT molecular complexity index is 514. The van der Waals surface area contributed by atoms with E-state index in [1.165, 1.54) is 18.0 Å². The fraction of sp³-hybridized carbons (Fsp3) is 0.333. The lowest BCUT2D eigenvalue weighted by Gasteiger charge is -2.12. The van der Waals surface area contributed by atoms with Gasteiger partial charge in [-0.25, -0.2) is 0 Å². The molecule has 0 amide bonds. The van der Waals surface area contributed by atoms with Gasteiger partial charge in [0.05, 0.1) is 18.0 Å². The first-order valence-corrected chi connectivity index (χ1v) is 6.50. The molecule has 1 aromatic heterocycles. The molecular weight excluding hydrogens is 252 g/mol. The van der Waals surface area contributed by atoms with Gasteiger partial charge in [0.15, 0.2) is 0 Å². The summed E-state index contributed by atoms with van der Waals surface area (Å²) in [5.41, 5.74) is 2.20. The predicted molar refractivity (Wildman–Crippen MR) is 68.9 cm³/mol. The zero-order valence-corrected chi connectivity index (χ0v) is 10.8. The van der Waals surface area contributed by atoms with Crippen molar-refractivity contribution in [1.29, 1.82) is 0 Å². The lowest BCUT2D eigenvalue weighted by molar-refractivity contribution is -0.108. The molecule has 0 spiro atoms. The average Bonchev–Trinajstić information content (AvgIpc) is 2.77. The van der Waals surface area contributed by atoms with Crippen LogP contribution in [0.3, 0.4) is 0 Å². The van der Waals surface area contributed by atoms with Crippen LogP contribution in [0.5, 0.6) is 5.75 Å². The van der Waals surface area contributed by atoms with E-state index in [9.17, 15) is 15.0 Å². The Morgan fingerprint density at radius 3 is 2.94 bits per heavy atom. The Morgan fingerprint density at radius 1 is 1.56 bits per heavy atom. The number of nitrogens with one attached hydrogen (secondary N) is 1. The number of aromatic nitrogens is 1. The maximum atomic E-state index is 11.4. The lowest BCUT2D eigenvalue weighted by atomic mass is 10.1. The van der Waals surface area contributed by atoms with Gasteiger partial charge < -0.3 is 15.5 Å². The number of hydrogen-bond donors (Lipinski definition) is 3. The summed E-state index contributed by atoms with van der Waals surface area (Å²) in [6.45, 7) is 1.79. The molecule has 0 fully saturated rings. The first-order valence-electron chi connectivity index (χ1n) is 5.51. The van der Waals surface area contributed by atoms with Crippen LogP contribution in [0, 0.1) is 6.92 Å². The Hall–Kier alpha value is -1.53. The van der Waals surface area contributed by atoms with Crippen LogP contribution >= 0.6 is 11.8 Å². The van der Waals surface area contributed by atoms with Crippen LogP contribution in [0.4, 0.5) is 0 Å². The van der Waals surface area contributed by atoms with Crippen molar-refractivity contribution in [2.75, 3.05) is 5.75 Å². The monoisotopic (exact) mass is 266 g/mol. The van der Waals surface area contributed by atoms with Crippen LogP contribution in [0.2, 0.25) is 0 Å². The number of hydrogen-bond acceptors (Lipinski definition) is 6. The zero-order chi connectivity index (χ0) is 13.1. The van der Waals surface area contributed by atoms with Crippen LogP contribution < -0.4 is 5.32 Å². The summed E-state index contributed by atoms with van der Waals surface area (Å²) in [6.07, 6.45) is 3.35. The number of aliphatic hydroxyl groups excluding tert-OH is 1. The topological polar surface area (TPSA) is 82.5 Å². The van der Waals surface area contributed by atoms with Gasteiger partial charge >= 0.3 is 0 Å². The highest BCUT2D eigenvalue weighted by Gasteiger charge is 2.17. The van der Waals surface area contributed by atoms with Crippen molar-refractivity contribution >= 4 is 16.9 Å². The fourth-order valence-electron chi connectivity index (χ4n) is 1.71. The van der Waals surface area contributed by atoms with Gasteiger partial charge in [0.1, 0.15) is 5.75 Å². The van der Waals surface area contributed by atoms with E-state index in [0.717, 1.165) is 0 Å². The smallest absolute Gasteiger partial charge is 0.235 e. The van der Waals surface area contributed by atoms with E-state index in [4.69, 9.17) is 0 Å². The number of aliphatic hydroxyl groups is 1. The van der Waals surface area contributed by atoms with Gasteiger partial charge in [0.2, 0.25) is 5.12 Å². The Kier molecular flexibility index (Phi) is 3.88. The highest BCUT2D eigenvalue weighted by atomic mass is 32.2. The predicted octanol–water partition coefficient (Wildman–Crippen LogP) is 0.835. The van der Waals surface area contributed by atoms with Gasteiger partial charge in [-0.3, -0.25) is 9.78 Å². The Labute approximate surface area is 109 Å². The molecule has 18 heavy (non-hydrogen) atoms. The molecule has 0 atom stereocenters. The molecular formula is C12H14N2O3S. The molecule has 3 N–H and O–H groups in total. The van der Waals surface area contributed by atoms with Crippen LogP contribution in [-0.2, 0) is 17.9 Å². The number of nitrogens with zero attached hydrogens (tertiary/aromatic N) is 1. The second kappa shape index (κ2) is 5.41. The number of carbonyl (C=O) groups is 1. The average molecular weight is 266 g/mol. The summed E-state index contributed by atoms with van der Waals surface area (Å²) in [4.78, 5) is 15.4. The molecule has 2 rings (SSSR count). The number of pyridine rings is 1. The SMILES string of the molecule is Cc1ncc(CO)c(CNC2=CCSC2=O)c1O. The van der Waals surface area contributed by atoms with Crippen molar-refractivity contribution in [2.45, 2.75) is 20.1 Å². The molecule has 0 aromatic carbocycles. The molecule has 96 valence electrons. The van der Waals surface area contributed by atoms with Gasteiger partial charge in [-0.1, -0.05) is 11.8 Å². The van der Waals surface area contributed by atoms with Gasteiger partial charge in [-0.15, -0.1) is 0 Å². The normalized spacial score (nSPS) is 14.8. The third-order valence-electron chi connectivity index (χ3n) is 2.78. The fourth-order valence-corrected chi connectivity index (χ4v) is 2.42. The van der Waals surface area contributed by atoms with E-state index in [0.29, 0.717) is 34.8 Å². The number of carbonyl (C=O) groups excluding carboxylic acids is 1. The minimum atomic E-state index is -0.195. The number of rotatable bonds is 4. The van der Waals surface area contributed by atoms with Crippen molar-refractivity contribution in [3.63, 3.8) is 0 Å². The van der Waals surface area contributed by atoms with E-state index in [1.807, 2.05) is 6.08 Å². The summed E-state index contributed by atoms with van der Waals surface area (Å²) < 4.78 is 0. The summed E-state index contributed by atoms with van der Waals surface area (Å²) in [5.74, 6) is 0.739. The quantitative estimate of drug-likeness (QED) is 0.749. The number of aromatic hydroxyl groups is 1. The van der Waals surface area contributed by atoms with Crippen LogP contribution in [-0.4, -0.2) is 26.1 Å². The maximum absolute atomic E-state index is 11.4. The van der Waals surface area contributed by atoms with E-state index >= 15 is 0 Å². The zero-order valence-electron chi connectivity index (χ0n) is 9.93. The summed E-state index contributed by atoms with van der Waals surface area (Å²) in [5, 5.41) is 22.1. The highest BCUT2D eigenvalue weighted by Crippen LogP contribution is 2.25. The molecule has 0 saturated carbocycles. The lowest BCUT2D eigenvalue weighted by Crippen LogP contribution is -2.17. The van der Waals surface area contributed by atoms with Crippen LogP contribution in [0.1, 0.15) is 16.8 Å². The summed E-state index contributed by atoms with van der Waals surface area (Å²) in [6, 6.07) is 0. The van der Waals surface area contributed by atoms with Crippen LogP contribution in [0.15, 0.2) is 18.0 Å². The second-order valence-electron chi connectivity index (χ2n) is 3.92. The third kappa shape index (κ3) is 2.49. The summed E-state index contributed by atoms with van der Waals surface area (Å²) >= 11 is 1.24. The first-order chi connectivity index (χ1) is 8.63. The van der Waals surface area contributed by atoms with Gasteiger partial charge in [-0.05, 0) is 13.0 Å². The molecule has 0 aliphatic carbocycles. The van der Waals surface area contributed by atoms with E-state index in [2.05, 4.69) is 10.3 Å². The van der Waals surface area contributed by atoms with Crippen LogP contribution in [0.25, 0.3) is 0 Å². The molecule has 0 bridgehead atoms. The molecule has 1 aliphatic rings. The van der Waals surface area contributed by atoms with Gasteiger partial charge in [0, 0.05) is 29.6 Å². The third-order valence-corrected chi connectivity index (χ3v) is 3.59. The minimum absolute atomic E-state index is 0.00539. The molecule has 2 heterocycles. The van der Waals surface area contributed by atoms with E-state index in [-0.39, 0.29) is 17.5 Å². The van der Waals surface area contributed by atoms with E-state index < -0.39 is 0 Å². The summed E-state index contributed by atoms with van der Waals surface area (Å²) in [7, 11) is 0. The Morgan fingerprint density at radius 2 is 2.33 bits per heavy atom. The molecule has 0 radical (unpaired) electrons. The molecule has 1 aliphatic heterocycles. The van der Waals surface area contributed by atoms with Gasteiger partial charge in [-0.2, -0.15) is 0 Å². The van der Waals surface area contributed by atoms with Crippen molar-refractivity contribution in [3.8, 4) is 5.75 Å². The highest BCUT2D eigenvalue weighted by molar-refractivity contribution is 8.14. The molecule has 1 aromatic rings. The minimum Gasteiger partial charge on any atom is -0.506 e. The van der Waals surface area contributed by atoms with Crippen molar-refractivity contribution < 1.29 is 15.0 Å². The van der Waals surface area contributed by atoms with Gasteiger partial charge in [0.25, 0.3) is 0 Å². The Balaban J connectivity index is 2.18. The molecule has 0 unspecified atom stereocenters. The molecule has 5 nitrogen and oxygen atoms in total. The molecule has 6 heteroatoms. The van der Waals surface area contributed by atoms with Crippen molar-refractivity contribution in [1.82, 2.24) is 10.3 Å². The van der Waals surface area contributed by atoms with Crippen molar-refractivity contribution in [2.24, 2.45) is 0 Å². The maximum Gasteiger partial charge on any atom is 0.235 e.